The van der Waals surface area contributed by atoms with Crippen LogP contribution in [0.15, 0.2) is 24.7 Å². The number of alkyl halides is 3. The maximum atomic E-state index is 13.5. The summed E-state index contributed by atoms with van der Waals surface area (Å²) in [4.78, 5) is 27.6. The summed E-state index contributed by atoms with van der Waals surface area (Å²) in [5.41, 5.74) is 1.35. The van der Waals surface area contributed by atoms with Crippen LogP contribution >= 0.6 is 0 Å². The number of fused-ring (bicyclic) bond motifs is 1. The number of halogens is 3. The predicted molar refractivity (Wildman–Crippen MR) is 122 cm³/mol. The van der Waals surface area contributed by atoms with Gasteiger partial charge in [0.15, 0.2) is 18.3 Å². The average molecular weight is 503 g/mol. The molecule has 0 aliphatic carbocycles. The summed E-state index contributed by atoms with van der Waals surface area (Å²) in [5.74, 6) is 0.547. The van der Waals surface area contributed by atoms with Crippen molar-refractivity contribution in [2.45, 2.75) is 38.2 Å². The van der Waals surface area contributed by atoms with E-state index in [0.717, 1.165) is 43.6 Å². The van der Waals surface area contributed by atoms with Crippen molar-refractivity contribution in [2.24, 2.45) is 7.05 Å². The van der Waals surface area contributed by atoms with Crippen molar-refractivity contribution in [3.63, 3.8) is 0 Å². The van der Waals surface area contributed by atoms with Crippen LogP contribution in [0, 0.1) is 0 Å². The molecule has 10 nitrogen and oxygen atoms in total. The first-order chi connectivity index (χ1) is 17.3. The third-order valence-electron chi connectivity index (χ3n) is 6.43. The first-order valence-corrected chi connectivity index (χ1v) is 11.4. The number of carbonyl (C=O) groups is 1. The predicted octanol–water partition coefficient (Wildman–Crippen LogP) is 3.01. The minimum Gasteiger partial charge on any atom is -0.481 e. The van der Waals surface area contributed by atoms with E-state index in [0.29, 0.717) is 42.6 Å². The number of pyridine rings is 1. The van der Waals surface area contributed by atoms with Gasteiger partial charge in [0.05, 0.1) is 36.8 Å². The second-order valence-corrected chi connectivity index (χ2v) is 8.60. The molecule has 0 spiro atoms. The highest BCUT2D eigenvalue weighted by Gasteiger charge is 2.37. The second kappa shape index (κ2) is 9.28. The summed E-state index contributed by atoms with van der Waals surface area (Å²) >= 11 is 0. The molecule has 0 N–H and O–H groups in total. The minimum atomic E-state index is -4.60. The number of carbonyl (C=O) groups excluding carboxylic acids is 1. The molecule has 1 atom stereocenters. The summed E-state index contributed by atoms with van der Waals surface area (Å²) < 4.78 is 53.2. The summed E-state index contributed by atoms with van der Waals surface area (Å²) in [6, 6.07) is 2.76. The van der Waals surface area contributed by atoms with E-state index < -0.39 is 17.6 Å². The Hall–Kier alpha value is -3.90. The molecule has 5 heterocycles. The molecule has 0 saturated carbocycles. The molecule has 5 rings (SSSR count). The highest BCUT2D eigenvalue weighted by molar-refractivity contribution is 5.74. The fraction of sp³-hybridized carbons (Fsp3) is 0.435. The van der Waals surface area contributed by atoms with Gasteiger partial charge in [-0.1, -0.05) is 0 Å². The Bertz CT molecular complexity index is 1280. The van der Waals surface area contributed by atoms with Gasteiger partial charge in [-0.3, -0.25) is 9.48 Å². The normalized spacial score (nSPS) is 17.8. The van der Waals surface area contributed by atoms with Crippen molar-refractivity contribution in [3.05, 3.63) is 47.2 Å². The van der Waals surface area contributed by atoms with Gasteiger partial charge in [0.1, 0.15) is 17.6 Å². The Morgan fingerprint density at radius 2 is 1.97 bits per heavy atom. The Morgan fingerprint density at radius 3 is 2.69 bits per heavy atom. The Kier molecular flexibility index (Phi) is 6.14. The second-order valence-electron chi connectivity index (χ2n) is 8.60. The van der Waals surface area contributed by atoms with E-state index >= 15 is 0 Å². The van der Waals surface area contributed by atoms with Crippen LogP contribution in [0.5, 0.6) is 11.8 Å². The van der Waals surface area contributed by atoms with E-state index in [2.05, 4.69) is 20.1 Å². The van der Waals surface area contributed by atoms with Crippen LogP contribution in [0.3, 0.4) is 0 Å². The SMILES string of the molecule is COc1ncc(N2CCc3ncnc(OC4CCCN4c4cc(C=O)n(C)n4)c3C2)cc1C(F)(F)F. The van der Waals surface area contributed by atoms with Crippen LogP contribution in [0.4, 0.5) is 24.7 Å². The van der Waals surface area contributed by atoms with Gasteiger partial charge in [0.2, 0.25) is 11.8 Å². The number of aryl methyl sites for hydroxylation is 1. The molecule has 0 amide bonds. The summed E-state index contributed by atoms with van der Waals surface area (Å²) in [5, 5.41) is 4.42. The molecular weight excluding hydrogens is 479 g/mol. The lowest BCUT2D eigenvalue weighted by Crippen LogP contribution is -2.36. The van der Waals surface area contributed by atoms with Gasteiger partial charge in [0, 0.05) is 39.0 Å². The molecule has 3 aromatic rings. The van der Waals surface area contributed by atoms with Gasteiger partial charge < -0.3 is 19.3 Å². The van der Waals surface area contributed by atoms with Gasteiger partial charge in [-0.25, -0.2) is 15.0 Å². The van der Waals surface area contributed by atoms with Crippen molar-refractivity contribution in [1.29, 1.82) is 0 Å². The number of hydrogen-bond donors (Lipinski definition) is 0. The standard InChI is InChI=1S/C23H24F3N7O3/c1-31-15(12-34)9-19(30-31)33-6-3-4-20(33)36-21-16-11-32(7-5-18(16)28-13-29-21)14-8-17(23(24,25)26)22(35-2)27-10-14/h8-10,12-13,20H,3-7,11H2,1-2H3. The van der Waals surface area contributed by atoms with E-state index in [1.807, 2.05) is 4.90 Å². The van der Waals surface area contributed by atoms with E-state index in [1.54, 1.807) is 18.0 Å². The van der Waals surface area contributed by atoms with E-state index in [9.17, 15) is 18.0 Å². The van der Waals surface area contributed by atoms with Crippen molar-refractivity contribution in [1.82, 2.24) is 24.7 Å². The molecule has 1 unspecified atom stereocenters. The van der Waals surface area contributed by atoms with Crippen LogP contribution in [-0.4, -0.2) is 57.4 Å². The lowest BCUT2D eigenvalue weighted by atomic mass is 10.1. The van der Waals surface area contributed by atoms with Crippen LogP contribution in [0.2, 0.25) is 0 Å². The number of hydrogen-bond acceptors (Lipinski definition) is 9. The summed E-state index contributed by atoms with van der Waals surface area (Å²) in [6.07, 6.45) is 0.712. The number of ether oxygens (including phenoxy) is 2. The number of anilines is 2. The van der Waals surface area contributed by atoms with E-state index in [4.69, 9.17) is 9.47 Å². The first kappa shape index (κ1) is 23.8. The zero-order chi connectivity index (χ0) is 25.4. The lowest BCUT2D eigenvalue weighted by molar-refractivity contribution is -0.139. The Morgan fingerprint density at radius 1 is 1.14 bits per heavy atom. The maximum absolute atomic E-state index is 13.5. The molecule has 36 heavy (non-hydrogen) atoms. The molecular formula is C23H24F3N7O3. The number of methoxy groups -OCH3 is 1. The van der Waals surface area contributed by atoms with E-state index in [1.165, 1.54) is 17.2 Å². The Balaban J connectivity index is 1.40. The van der Waals surface area contributed by atoms with Crippen molar-refractivity contribution in [3.8, 4) is 11.8 Å². The molecule has 1 fully saturated rings. The van der Waals surface area contributed by atoms with Crippen LogP contribution in [0.25, 0.3) is 0 Å². The highest BCUT2D eigenvalue weighted by Crippen LogP contribution is 2.38. The third kappa shape index (κ3) is 4.40. The average Bonchev–Trinajstić information content (AvgIpc) is 3.48. The fourth-order valence-corrected chi connectivity index (χ4v) is 4.58. The summed E-state index contributed by atoms with van der Waals surface area (Å²) in [7, 11) is 2.86. The van der Waals surface area contributed by atoms with Gasteiger partial charge in [-0.2, -0.15) is 18.3 Å². The third-order valence-corrected chi connectivity index (χ3v) is 6.43. The quantitative estimate of drug-likeness (QED) is 0.470. The molecule has 0 aromatic carbocycles. The largest absolute Gasteiger partial charge is 0.481 e. The van der Waals surface area contributed by atoms with Gasteiger partial charge in [-0.15, -0.1) is 0 Å². The zero-order valence-electron chi connectivity index (χ0n) is 19.7. The van der Waals surface area contributed by atoms with Crippen molar-refractivity contribution >= 4 is 17.8 Å². The molecule has 190 valence electrons. The number of aromatic nitrogens is 5. The number of aldehydes is 1. The molecule has 1 saturated heterocycles. The smallest absolute Gasteiger partial charge is 0.421 e. The molecule has 13 heteroatoms. The maximum Gasteiger partial charge on any atom is 0.421 e. The van der Waals surface area contributed by atoms with Crippen LogP contribution in [-0.2, 0) is 26.2 Å². The number of nitrogens with zero attached hydrogens (tertiary/aromatic N) is 7. The van der Waals surface area contributed by atoms with E-state index in [-0.39, 0.29) is 12.8 Å². The molecule has 0 bridgehead atoms. The van der Waals surface area contributed by atoms with Gasteiger partial charge in [0.25, 0.3) is 0 Å². The Labute approximate surface area is 204 Å². The summed E-state index contributed by atoms with van der Waals surface area (Å²) in [6.45, 7) is 1.44. The van der Waals surface area contributed by atoms with Gasteiger partial charge in [-0.05, 0) is 12.5 Å². The number of rotatable bonds is 6. The van der Waals surface area contributed by atoms with Gasteiger partial charge >= 0.3 is 6.18 Å². The van der Waals surface area contributed by atoms with Crippen LogP contribution in [0.1, 0.15) is 40.2 Å². The first-order valence-electron chi connectivity index (χ1n) is 11.4. The lowest BCUT2D eigenvalue weighted by Gasteiger charge is -2.32. The topological polar surface area (TPSA) is 98.5 Å². The van der Waals surface area contributed by atoms with Crippen molar-refractivity contribution < 1.29 is 27.4 Å². The fourth-order valence-electron chi connectivity index (χ4n) is 4.58. The molecule has 2 aliphatic rings. The highest BCUT2D eigenvalue weighted by atomic mass is 19.4. The molecule has 2 aliphatic heterocycles. The monoisotopic (exact) mass is 503 g/mol. The van der Waals surface area contributed by atoms with Crippen LogP contribution < -0.4 is 19.3 Å². The zero-order valence-corrected chi connectivity index (χ0v) is 19.7. The minimum absolute atomic E-state index is 0.266. The molecule has 0 radical (unpaired) electrons. The molecule has 3 aromatic heterocycles. The van der Waals surface area contributed by atoms with Crippen molar-refractivity contribution in [2.75, 3.05) is 30.0 Å².